The predicted molar refractivity (Wildman–Crippen MR) is 60.1 cm³/mol. The van der Waals surface area contributed by atoms with Crippen LogP contribution in [-0.2, 0) is 0 Å². The molecule has 0 saturated heterocycles. The molecule has 0 bridgehead atoms. The summed E-state index contributed by atoms with van der Waals surface area (Å²) in [7, 11) is 4.17. The van der Waals surface area contributed by atoms with Crippen LogP contribution in [0.25, 0.3) is 0 Å². The molecular weight excluding hydrogens is 174 g/mol. The van der Waals surface area contributed by atoms with E-state index < -0.39 is 0 Å². The van der Waals surface area contributed by atoms with E-state index >= 15 is 0 Å². The lowest BCUT2D eigenvalue weighted by molar-refractivity contribution is 0.140. The molecule has 1 heterocycles. The zero-order valence-electron chi connectivity index (χ0n) is 9.54. The normalized spacial score (nSPS) is 14.7. The molecule has 1 rings (SSSR count). The average Bonchev–Trinajstić information content (AvgIpc) is 2.56. The number of nitrogens with one attached hydrogen (secondary N) is 1. The number of H-pyrrole nitrogens is 1. The van der Waals surface area contributed by atoms with Crippen LogP contribution in [0.2, 0.25) is 0 Å². The van der Waals surface area contributed by atoms with Gasteiger partial charge < -0.3 is 15.6 Å². The van der Waals surface area contributed by atoms with Gasteiger partial charge in [-0.05, 0) is 38.2 Å². The first kappa shape index (κ1) is 11.3. The Morgan fingerprint density at radius 2 is 2.14 bits per heavy atom. The Morgan fingerprint density at radius 1 is 1.50 bits per heavy atom. The second kappa shape index (κ2) is 4.15. The largest absolute Gasteiger partial charge is 0.364 e. The van der Waals surface area contributed by atoms with Crippen molar-refractivity contribution in [3.8, 4) is 0 Å². The van der Waals surface area contributed by atoms with Crippen molar-refractivity contribution in [1.82, 2.24) is 9.88 Å². The van der Waals surface area contributed by atoms with Crippen LogP contribution in [0.4, 0.5) is 0 Å². The summed E-state index contributed by atoms with van der Waals surface area (Å²) in [6, 6.07) is 4.48. The van der Waals surface area contributed by atoms with Crippen LogP contribution < -0.4 is 5.73 Å². The van der Waals surface area contributed by atoms with Gasteiger partial charge in [0.15, 0.2) is 0 Å². The molecule has 0 aromatic carbocycles. The zero-order valence-corrected chi connectivity index (χ0v) is 9.54. The van der Waals surface area contributed by atoms with Crippen LogP contribution in [0, 0.1) is 5.41 Å². The Morgan fingerprint density at radius 3 is 2.50 bits per heavy atom. The molecule has 3 nitrogen and oxygen atoms in total. The van der Waals surface area contributed by atoms with Crippen LogP contribution in [0.3, 0.4) is 0 Å². The smallest absolute Gasteiger partial charge is 0.0556 e. The molecule has 14 heavy (non-hydrogen) atoms. The summed E-state index contributed by atoms with van der Waals surface area (Å²) in [5.41, 5.74) is 7.12. The minimum Gasteiger partial charge on any atom is -0.364 e. The molecule has 1 aromatic heterocycles. The van der Waals surface area contributed by atoms with E-state index in [4.69, 9.17) is 5.73 Å². The van der Waals surface area contributed by atoms with Gasteiger partial charge in [0.1, 0.15) is 0 Å². The third-order valence-electron chi connectivity index (χ3n) is 2.70. The first-order valence-electron chi connectivity index (χ1n) is 4.99. The summed E-state index contributed by atoms with van der Waals surface area (Å²) in [5.74, 6) is 0. The molecule has 0 aliphatic heterocycles. The second-order valence-corrected chi connectivity index (χ2v) is 4.68. The molecule has 3 heteroatoms. The van der Waals surface area contributed by atoms with E-state index in [0.29, 0.717) is 12.6 Å². The lowest BCUT2D eigenvalue weighted by Gasteiger charge is -2.37. The third-order valence-corrected chi connectivity index (χ3v) is 2.70. The average molecular weight is 195 g/mol. The summed E-state index contributed by atoms with van der Waals surface area (Å²) < 4.78 is 0. The summed E-state index contributed by atoms with van der Waals surface area (Å²) in [4.78, 5) is 5.47. The molecule has 0 saturated carbocycles. The van der Waals surface area contributed by atoms with Crippen LogP contribution in [-0.4, -0.2) is 30.5 Å². The molecule has 0 fully saturated rings. The quantitative estimate of drug-likeness (QED) is 0.766. The van der Waals surface area contributed by atoms with Crippen molar-refractivity contribution in [1.29, 1.82) is 0 Å². The number of aromatic nitrogens is 1. The van der Waals surface area contributed by atoms with Crippen molar-refractivity contribution in [2.45, 2.75) is 19.9 Å². The Kier molecular flexibility index (Phi) is 3.34. The molecule has 1 aromatic rings. The molecule has 0 radical (unpaired) electrons. The van der Waals surface area contributed by atoms with Gasteiger partial charge in [-0.3, -0.25) is 0 Å². The predicted octanol–water partition coefficient (Wildman–Crippen LogP) is 1.60. The van der Waals surface area contributed by atoms with Crippen molar-refractivity contribution in [3.05, 3.63) is 24.0 Å². The van der Waals surface area contributed by atoms with Crippen LogP contribution in [0.1, 0.15) is 25.6 Å². The number of hydrogen-bond donors (Lipinski definition) is 2. The maximum atomic E-state index is 5.81. The fourth-order valence-electron chi connectivity index (χ4n) is 2.02. The van der Waals surface area contributed by atoms with Crippen molar-refractivity contribution < 1.29 is 0 Å². The van der Waals surface area contributed by atoms with E-state index in [1.165, 1.54) is 5.69 Å². The van der Waals surface area contributed by atoms with Crippen molar-refractivity contribution >= 4 is 0 Å². The maximum Gasteiger partial charge on any atom is 0.0556 e. The van der Waals surface area contributed by atoms with Gasteiger partial charge >= 0.3 is 0 Å². The van der Waals surface area contributed by atoms with Gasteiger partial charge in [-0.2, -0.15) is 0 Å². The van der Waals surface area contributed by atoms with Crippen LogP contribution in [0.5, 0.6) is 0 Å². The zero-order chi connectivity index (χ0) is 10.8. The highest BCUT2D eigenvalue weighted by Gasteiger charge is 2.31. The lowest BCUT2D eigenvalue weighted by atomic mass is 9.82. The second-order valence-electron chi connectivity index (χ2n) is 4.68. The molecular formula is C11H21N3. The summed E-state index contributed by atoms with van der Waals surface area (Å²) in [6.45, 7) is 5.06. The van der Waals surface area contributed by atoms with Gasteiger partial charge in [-0.25, -0.2) is 0 Å². The van der Waals surface area contributed by atoms with Crippen LogP contribution in [0.15, 0.2) is 18.3 Å². The number of aromatic amines is 1. The topological polar surface area (TPSA) is 45.0 Å². The molecule has 80 valence electrons. The first-order valence-corrected chi connectivity index (χ1v) is 4.99. The Hall–Kier alpha value is -0.800. The van der Waals surface area contributed by atoms with E-state index in [9.17, 15) is 0 Å². The first-order chi connectivity index (χ1) is 6.49. The van der Waals surface area contributed by atoms with E-state index in [1.54, 1.807) is 0 Å². The van der Waals surface area contributed by atoms with Gasteiger partial charge in [0.2, 0.25) is 0 Å². The van der Waals surface area contributed by atoms with Crippen molar-refractivity contribution in [3.63, 3.8) is 0 Å². The number of rotatable bonds is 4. The van der Waals surface area contributed by atoms with Gasteiger partial charge in [-0.15, -0.1) is 0 Å². The SMILES string of the molecule is CN(C)C(c1ccc[nH]1)C(C)(C)CN. The van der Waals surface area contributed by atoms with Gasteiger partial charge in [-0.1, -0.05) is 13.8 Å². The number of nitrogens with two attached hydrogens (primary N) is 1. The van der Waals surface area contributed by atoms with Gasteiger partial charge in [0, 0.05) is 11.9 Å². The molecule has 0 amide bonds. The van der Waals surface area contributed by atoms with Crippen molar-refractivity contribution in [2.75, 3.05) is 20.6 Å². The van der Waals surface area contributed by atoms with E-state index in [0.717, 1.165) is 0 Å². The highest BCUT2D eigenvalue weighted by atomic mass is 15.1. The summed E-state index contributed by atoms with van der Waals surface area (Å²) >= 11 is 0. The fraction of sp³-hybridized carbons (Fsp3) is 0.636. The van der Waals surface area contributed by atoms with Gasteiger partial charge in [0.25, 0.3) is 0 Å². The van der Waals surface area contributed by atoms with Crippen molar-refractivity contribution in [2.24, 2.45) is 11.1 Å². The highest BCUT2D eigenvalue weighted by Crippen LogP contribution is 2.34. The molecule has 0 aliphatic rings. The molecule has 1 unspecified atom stereocenters. The summed E-state index contributed by atoms with van der Waals surface area (Å²) in [6.07, 6.45) is 1.96. The standard InChI is InChI=1S/C11H21N3/c1-11(2,8-12)10(14(3)4)9-6-5-7-13-9/h5-7,10,13H,8,12H2,1-4H3. The van der Waals surface area contributed by atoms with Gasteiger partial charge in [0.05, 0.1) is 6.04 Å². The maximum absolute atomic E-state index is 5.81. The molecule has 3 N–H and O–H groups in total. The Balaban J connectivity index is 2.97. The van der Waals surface area contributed by atoms with Crippen LogP contribution >= 0.6 is 0 Å². The Bertz CT molecular complexity index is 262. The molecule has 0 aliphatic carbocycles. The molecule has 0 spiro atoms. The van der Waals surface area contributed by atoms with E-state index in [1.807, 2.05) is 12.3 Å². The van der Waals surface area contributed by atoms with E-state index in [2.05, 4.69) is 43.9 Å². The minimum atomic E-state index is 0.0777. The third kappa shape index (κ3) is 2.16. The summed E-state index contributed by atoms with van der Waals surface area (Å²) in [5, 5.41) is 0. The number of nitrogens with zero attached hydrogens (tertiary/aromatic N) is 1. The molecule has 1 atom stereocenters. The lowest BCUT2D eigenvalue weighted by Crippen LogP contribution is -2.38. The Labute approximate surface area is 86.3 Å². The fourth-order valence-corrected chi connectivity index (χ4v) is 2.02. The monoisotopic (exact) mass is 195 g/mol. The highest BCUT2D eigenvalue weighted by molar-refractivity contribution is 5.12. The minimum absolute atomic E-state index is 0.0777. The number of hydrogen-bond acceptors (Lipinski definition) is 2. The van der Waals surface area contributed by atoms with E-state index in [-0.39, 0.29) is 5.41 Å².